The van der Waals surface area contributed by atoms with E-state index in [0.717, 1.165) is 12.1 Å². The largest absolute Gasteiger partial charge is 0.337 e. The monoisotopic (exact) mass is 476 g/mol. The van der Waals surface area contributed by atoms with Crippen molar-refractivity contribution in [3.63, 3.8) is 0 Å². The van der Waals surface area contributed by atoms with E-state index in [2.05, 4.69) is 32.3 Å². The standard InChI is InChI=1S/C25H29FN8O/c1-19(17-33-18-23(29-30-33)20-8-10-21(26)11-9-20)16-32(15-14-31(2)3)25(35)22-6-4-5-7-24(22)34-27-12-13-28-34/h4-13,18-19H,14-17H2,1-3H3/t19-/m0/s1. The molecule has 35 heavy (non-hydrogen) atoms. The molecule has 10 heteroatoms. The van der Waals surface area contributed by atoms with Gasteiger partial charge in [-0.15, -0.1) is 5.10 Å². The summed E-state index contributed by atoms with van der Waals surface area (Å²) in [6.45, 7) is 4.52. The van der Waals surface area contributed by atoms with Crippen LogP contribution in [0, 0.1) is 11.7 Å². The van der Waals surface area contributed by atoms with Crippen LogP contribution in [0.2, 0.25) is 0 Å². The average molecular weight is 477 g/mol. The van der Waals surface area contributed by atoms with Gasteiger partial charge in [-0.2, -0.15) is 15.0 Å². The Labute approximate surface area is 203 Å². The Kier molecular flexibility index (Phi) is 7.61. The second-order valence-corrected chi connectivity index (χ2v) is 8.83. The summed E-state index contributed by atoms with van der Waals surface area (Å²) in [5, 5.41) is 16.8. The normalized spacial score (nSPS) is 12.1. The number of para-hydroxylation sites is 1. The van der Waals surface area contributed by atoms with Crippen LogP contribution in [-0.2, 0) is 6.54 Å². The van der Waals surface area contributed by atoms with Gasteiger partial charge in [-0.1, -0.05) is 24.3 Å². The van der Waals surface area contributed by atoms with Gasteiger partial charge >= 0.3 is 0 Å². The Morgan fingerprint density at radius 3 is 2.46 bits per heavy atom. The molecule has 1 amide bonds. The van der Waals surface area contributed by atoms with Crippen molar-refractivity contribution in [1.82, 2.24) is 39.8 Å². The number of nitrogens with zero attached hydrogens (tertiary/aromatic N) is 8. The van der Waals surface area contributed by atoms with Crippen molar-refractivity contribution in [3.05, 3.63) is 78.5 Å². The van der Waals surface area contributed by atoms with Crippen LogP contribution in [0.5, 0.6) is 0 Å². The highest BCUT2D eigenvalue weighted by atomic mass is 19.1. The van der Waals surface area contributed by atoms with Crippen molar-refractivity contribution < 1.29 is 9.18 Å². The number of hydrogen-bond acceptors (Lipinski definition) is 6. The molecule has 2 aromatic carbocycles. The van der Waals surface area contributed by atoms with Crippen molar-refractivity contribution in [2.24, 2.45) is 5.92 Å². The first kappa shape index (κ1) is 24.2. The number of carbonyl (C=O) groups is 1. The average Bonchev–Trinajstić information content (AvgIpc) is 3.54. The molecule has 0 aliphatic carbocycles. The fourth-order valence-electron chi connectivity index (χ4n) is 3.83. The van der Waals surface area contributed by atoms with Crippen LogP contribution in [0.4, 0.5) is 4.39 Å². The third-order valence-electron chi connectivity index (χ3n) is 5.58. The maximum absolute atomic E-state index is 13.7. The smallest absolute Gasteiger partial charge is 0.256 e. The second-order valence-electron chi connectivity index (χ2n) is 8.83. The molecule has 2 heterocycles. The molecule has 0 saturated carbocycles. The number of amides is 1. The van der Waals surface area contributed by atoms with Gasteiger partial charge in [0.05, 0.1) is 29.8 Å². The Morgan fingerprint density at radius 2 is 1.74 bits per heavy atom. The minimum atomic E-state index is -0.290. The molecule has 2 aromatic heterocycles. The van der Waals surface area contributed by atoms with E-state index in [1.807, 2.05) is 43.4 Å². The molecule has 0 aliphatic heterocycles. The number of benzene rings is 2. The van der Waals surface area contributed by atoms with E-state index in [4.69, 9.17) is 0 Å². The summed E-state index contributed by atoms with van der Waals surface area (Å²) in [5.74, 6) is -0.252. The van der Waals surface area contributed by atoms with E-state index in [9.17, 15) is 9.18 Å². The van der Waals surface area contributed by atoms with Crippen LogP contribution in [0.1, 0.15) is 17.3 Å². The first-order chi connectivity index (χ1) is 16.9. The summed E-state index contributed by atoms with van der Waals surface area (Å²) in [4.78, 5) is 19.0. The molecular weight excluding hydrogens is 447 g/mol. The third-order valence-corrected chi connectivity index (χ3v) is 5.58. The summed E-state index contributed by atoms with van der Waals surface area (Å²) in [7, 11) is 3.97. The van der Waals surface area contributed by atoms with Gasteiger partial charge in [0.25, 0.3) is 5.91 Å². The van der Waals surface area contributed by atoms with Crippen LogP contribution < -0.4 is 0 Å². The minimum absolute atomic E-state index is 0.0720. The molecular formula is C25H29FN8O. The zero-order valence-electron chi connectivity index (χ0n) is 20.1. The molecule has 4 rings (SSSR count). The molecule has 0 radical (unpaired) electrons. The second kappa shape index (κ2) is 11.0. The van der Waals surface area contributed by atoms with Crippen molar-refractivity contribution in [2.75, 3.05) is 33.7 Å². The Hall–Kier alpha value is -3.92. The predicted molar refractivity (Wildman–Crippen MR) is 130 cm³/mol. The molecule has 1 atom stereocenters. The summed E-state index contributed by atoms with van der Waals surface area (Å²) >= 11 is 0. The number of hydrogen-bond donors (Lipinski definition) is 0. The lowest BCUT2D eigenvalue weighted by Gasteiger charge is -2.28. The number of rotatable bonds is 10. The lowest BCUT2D eigenvalue weighted by Crippen LogP contribution is -2.40. The van der Waals surface area contributed by atoms with Gasteiger partial charge in [0.15, 0.2) is 0 Å². The lowest BCUT2D eigenvalue weighted by molar-refractivity contribution is 0.0713. The molecule has 4 aromatic rings. The van der Waals surface area contributed by atoms with Crippen LogP contribution in [0.25, 0.3) is 16.9 Å². The zero-order chi connectivity index (χ0) is 24.8. The predicted octanol–water partition coefficient (Wildman–Crippen LogP) is 3.01. The number of carbonyl (C=O) groups excluding carboxylic acids is 1. The van der Waals surface area contributed by atoms with Crippen LogP contribution in [0.15, 0.2) is 67.1 Å². The van der Waals surface area contributed by atoms with Crippen molar-refractivity contribution >= 4 is 5.91 Å². The van der Waals surface area contributed by atoms with Crippen LogP contribution in [-0.4, -0.2) is 79.4 Å². The maximum Gasteiger partial charge on any atom is 0.256 e. The van der Waals surface area contributed by atoms with E-state index in [1.54, 1.807) is 35.3 Å². The summed E-state index contributed by atoms with van der Waals surface area (Å²) in [5.41, 5.74) is 2.68. The fourth-order valence-corrected chi connectivity index (χ4v) is 3.83. The first-order valence-corrected chi connectivity index (χ1v) is 11.5. The zero-order valence-corrected chi connectivity index (χ0v) is 20.1. The SMILES string of the molecule is C[C@@H](CN(CCN(C)C)C(=O)c1ccccc1-n1nccn1)Cn1cc(-c2ccc(F)cc2)nn1. The van der Waals surface area contributed by atoms with E-state index >= 15 is 0 Å². The highest BCUT2D eigenvalue weighted by molar-refractivity contribution is 5.97. The molecule has 0 N–H and O–H groups in total. The molecule has 0 aliphatic rings. The van der Waals surface area contributed by atoms with Gasteiger partial charge in [-0.3, -0.25) is 9.48 Å². The van der Waals surface area contributed by atoms with E-state index in [-0.39, 0.29) is 17.6 Å². The van der Waals surface area contributed by atoms with Gasteiger partial charge in [0.1, 0.15) is 11.5 Å². The highest BCUT2D eigenvalue weighted by Gasteiger charge is 2.22. The third kappa shape index (κ3) is 6.15. The van der Waals surface area contributed by atoms with Gasteiger partial charge in [0.2, 0.25) is 0 Å². The summed E-state index contributed by atoms with van der Waals surface area (Å²) in [6.07, 6.45) is 5.02. The molecule has 0 fully saturated rings. The molecule has 0 spiro atoms. The molecule has 182 valence electrons. The number of likely N-dealkylation sites (N-methyl/N-ethyl adjacent to an activating group) is 1. The van der Waals surface area contributed by atoms with E-state index < -0.39 is 0 Å². The molecule has 9 nitrogen and oxygen atoms in total. The van der Waals surface area contributed by atoms with Crippen molar-refractivity contribution in [2.45, 2.75) is 13.5 Å². The quantitative estimate of drug-likeness (QED) is 0.350. The van der Waals surface area contributed by atoms with Crippen molar-refractivity contribution in [3.8, 4) is 16.9 Å². The minimum Gasteiger partial charge on any atom is -0.337 e. The topological polar surface area (TPSA) is 85.0 Å². The lowest BCUT2D eigenvalue weighted by atomic mass is 10.1. The Balaban J connectivity index is 1.49. The first-order valence-electron chi connectivity index (χ1n) is 11.5. The van der Waals surface area contributed by atoms with E-state index in [1.165, 1.54) is 16.9 Å². The van der Waals surface area contributed by atoms with Crippen LogP contribution in [0.3, 0.4) is 0 Å². The molecule has 0 bridgehead atoms. The molecule has 0 unspecified atom stereocenters. The van der Waals surface area contributed by atoms with E-state index in [0.29, 0.717) is 36.6 Å². The summed E-state index contributed by atoms with van der Waals surface area (Å²) < 4.78 is 15.0. The molecule has 0 saturated heterocycles. The maximum atomic E-state index is 13.7. The van der Waals surface area contributed by atoms with Gasteiger partial charge in [-0.05, 0) is 56.4 Å². The van der Waals surface area contributed by atoms with Gasteiger partial charge in [-0.25, -0.2) is 4.39 Å². The van der Waals surface area contributed by atoms with Gasteiger partial charge in [0, 0.05) is 31.7 Å². The van der Waals surface area contributed by atoms with Crippen LogP contribution >= 0.6 is 0 Å². The summed E-state index contributed by atoms with van der Waals surface area (Å²) in [6, 6.07) is 13.5. The highest BCUT2D eigenvalue weighted by Crippen LogP contribution is 2.19. The number of aromatic nitrogens is 6. The van der Waals surface area contributed by atoms with Crippen molar-refractivity contribution in [1.29, 1.82) is 0 Å². The van der Waals surface area contributed by atoms with Gasteiger partial charge < -0.3 is 9.80 Å². The fraction of sp³-hybridized carbons (Fsp3) is 0.320. The Morgan fingerprint density at radius 1 is 1.03 bits per heavy atom. The number of halogens is 1. The Bertz CT molecular complexity index is 1240.